The van der Waals surface area contributed by atoms with E-state index in [4.69, 9.17) is 4.74 Å². The molecule has 1 saturated heterocycles. The van der Waals surface area contributed by atoms with Gasteiger partial charge in [-0.05, 0) is 38.8 Å². The first-order valence-corrected chi connectivity index (χ1v) is 9.61. The fourth-order valence-corrected chi connectivity index (χ4v) is 4.24. The molecule has 0 N–H and O–H groups in total. The van der Waals surface area contributed by atoms with Crippen LogP contribution in [0, 0.1) is 24.5 Å². The molecular weight excluding hydrogens is 374 g/mol. The van der Waals surface area contributed by atoms with Crippen molar-refractivity contribution in [3.8, 4) is 10.6 Å². The number of likely N-dealkylation sites (tertiary alicyclic amines) is 1. The zero-order chi connectivity index (χ0) is 19.6. The minimum absolute atomic E-state index is 0.130. The van der Waals surface area contributed by atoms with Crippen LogP contribution in [0.3, 0.4) is 0 Å². The second-order valence-corrected chi connectivity index (χ2v) is 7.37. The number of piperidine rings is 1. The molecule has 1 aromatic heterocycles. The van der Waals surface area contributed by atoms with Gasteiger partial charge in [-0.25, -0.2) is 13.8 Å². The minimum Gasteiger partial charge on any atom is -0.466 e. The number of hydrogen-bond acceptors (Lipinski definition) is 5. The second kappa shape index (κ2) is 8.12. The molecule has 0 radical (unpaired) electrons. The van der Waals surface area contributed by atoms with Gasteiger partial charge in [0.15, 0.2) is 0 Å². The molecule has 1 atom stereocenters. The van der Waals surface area contributed by atoms with E-state index in [2.05, 4.69) is 4.98 Å². The Kier molecular flexibility index (Phi) is 5.84. The van der Waals surface area contributed by atoms with Gasteiger partial charge in [-0.1, -0.05) is 6.07 Å². The molecule has 2 heterocycles. The van der Waals surface area contributed by atoms with Crippen LogP contribution in [0.15, 0.2) is 18.2 Å². The van der Waals surface area contributed by atoms with Crippen molar-refractivity contribution in [2.75, 3.05) is 19.7 Å². The molecule has 0 saturated carbocycles. The quantitative estimate of drug-likeness (QED) is 0.740. The number of rotatable bonds is 4. The second-order valence-electron chi connectivity index (χ2n) is 6.37. The van der Waals surface area contributed by atoms with E-state index in [0.29, 0.717) is 36.6 Å². The fraction of sp³-hybridized carbons (Fsp3) is 0.421. The molecule has 1 aliphatic rings. The molecule has 1 fully saturated rings. The standard InChI is InChI=1S/C19H20F2N2O3S/c1-3-26-19(25)12-6-5-9-23(10-12)18(24)16-11(2)22-17(27-16)15-13(20)7-4-8-14(15)21/h4,7-8,12H,3,5-6,9-10H2,1-2H3. The van der Waals surface area contributed by atoms with Crippen molar-refractivity contribution >= 4 is 23.2 Å². The molecular formula is C19H20F2N2O3S. The van der Waals surface area contributed by atoms with Gasteiger partial charge in [0, 0.05) is 13.1 Å². The first kappa shape index (κ1) is 19.4. The average molecular weight is 394 g/mol. The van der Waals surface area contributed by atoms with E-state index in [0.717, 1.165) is 23.5 Å². The van der Waals surface area contributed by atoms with E-state index in [1.54, 1.807) is 18.7 Å². The number of thiazole rings is 1. The molecule has 8 heteroatoms. The van der Waals surface area contributed by atoms with Crippen molar-refractivity contribution in [2.24, 2.45) is 5.92 Å². The lowest BCUT2D eigenvalue weighted by Gasteiger charge is -2.31. The van der Waals surface area contributed by atoms with E-state index in [-0.39, 0.29) is 34.9 Å². The lowest BCUT2D eigenvalue weighted by atomic mass is 9.98. The topological polar surface area (TPSA) is 59.5 Å². The maximum atomic E-state index is 14.0. The van der Waals surface area contributed by atoms with Crippen LogP contribution in [0.5, 0.6) is 0 Å². The normalized spacial score (nSPS) is 17.0. The number of benzene rings is 1. The summed E-state index contributed by atoms with van der Waals surface area (Å²) in [5.74, 6) is -2.36. The predicted octanol–water partition coefficient (Wildman–Crippen LogP) is 3.81. The molecule has 1 aromatic carbocycles. The number of aryl methyl sites for hydroxylation is 1. The van der Waals surface area contributed by atoms with Crippen molar-refractivity contribution in [2.45, 2.75) is 26.7 Å². The van der Waals surface area contributed by atoms with E-state index in [9.17, 15) is 18.4 Å². The lowest BCUT2D eigenvalue weighted by molar-refractivity contribution is -0.149. The summed E-state index contributed by atoms with van der Waals surface area (Å²) in [6.07, 6.45) is 1.37. The largest absolute Gasteiger partial charge is 0.466 e. The average Bonchev–Trinajstić information content (AvgIpc) is 3.02. The fourth-order valence-electron chi connectivity index (χ4n) is 3.16. The third-order valence-electron chi connectivity index (χ3n) is 4.50. The smallest absolute Gasteiger partial charge is 0.310 e. The summed E-state index contributed by atoms with van der Waals surface area (Å²) >= 11 is 0.964. The van der Waals surface area contributed by atoms with Crippen LogP contribution in [0.4, 0.5) is 8.78 Å². The number of carbonyl (C=O) groups is 2. The van der Waals surface area contributed by atoms with Crippen LogP contribution < -0.4 is 0 Å². The molecule has 5 nitrogen and oxygen atoms in total. The van der Waals surface area contributed by atoms with E-state index in [1.807, 2.05) is 0 Å². The van der Waals surface area contributed by atoms with Crippen LogP contribution in [0.2, 0.25) is 0 Å². The number of esters is 1. The number of carbonyl (C=O) groups excluding carboxylic acids is 2. The Bertz CT molecular complexity index is 848. The molecule has 1 aliphatic heterocycles. The van der Waals surface area contributed by atoms with Gasteiger partial charge in [0.2, 0.25) is 0 Å². The Morgan fingerprint density at radius 2 is 2.04 bits per heavy atom. The van der Waals surface area contributed by atoms with E-state index < -0.39 is 11.6 Å². The van der Waals surface area contributed by atoms with Gasteiger partial charge in [0.25, 0.3) is 5.91 Å². The number of ether oxygens (including phenoxy) is 1. The summed E-state index contributed by atoms with van der Waals surface area (Å²) in [5, 5.41) is 0.130. The Hall–Kier alpha value is -2.35. The third-order valence-corrected chi connectivity index (χ3v) is 5.66. The van der Waals surface area contributed by atoms with Crippen LogP contribution in [0.1, 0.15) is 35.1 Å². The van der Waals surface area contributed by atoms with Gasteiger partial charge >= 0.3 is 5.97 Å². The van der Waals surface area contributed by atoms with Crippen molar-refractivity contribution in [3.63, 3.8) is 0 Å². The first-order valence-electron chi connectivity index (χ1n) is 8.80. The first-order chi connectivity index (χ1) is 12.9. The zero-order valence-corrected chi connectivity index (χ0v) is 15.9. The number of nitrogens with zero attached hydrogens (tertiary/aromatic N) is 2. The van der Waals surface area contributed by atoms with Gasteiger partial charge in [-0.2, -0.15) is 0 Å². The SMILES string of the molecule is CCOC(=O)C1CCCN(C(=O)c2sc(-c3c(F)cccc3F)nc2C)C1. The summed E-state index contributed by atoms with van der Waals surface area (Å²) in [7, 11) is 0. The van der Waals surface area contributed by atoms with E-state index in [1.165, 1.54) is 6.07 Å². The highest BCUT2D eigenvalue weighted by Crippen LogP contribution is 2.33. The molecule has 0 aliphatic carbocycles. The predicted molar refractivity (Wildman–Crippen MR) is 97.5 cm³/mol. The van der Waals surface area contributed by atoms with Gasteiger partial charge < -0.3 is 9.64 Å². The highest BCUT2D eigenvalue weighted by atomic mass is 32.1. The summed E-state index contributed by atoms with van der Waals surface area (Å²) in [4.78, 5) is 31.0. The van der Waals surface area contributed by atoms with Gasteiger partial charge in [0.1, 0.15) is 21.5 Å². The summed E-state index contributed by atoms with van der Waals surface area (Å²) < 4.78 is 33.1. The third kappa shape index (κ3) is 4.00. The van der Waals surface area contributed by atoms with Gasteiger partial charge in [0.05, 0.1) is 23.8 Å². The van der Waals surface area contributed by atoms with Gasteiger partial charge in [-0.15, -0.1) is 11.3 Å². The maximum absolute atomic E-state index is 14.0. The van der Waals surface area contributed by atoms with Crippen LogP contribution >= 0.6 is 11.3 Å². The van der Waals surface area contributed by atoms with Crippen LogP contribution in [-0.2, 0) is 9.53 Å². The Morgan fingerprint density at radius 1 is 1.33 bits per heavy atom. The summed E-state index contributed by atoms with van der Waals surface area (Å²) in [5.41, 5.74) is 0.189. The highest BCUT2D eigenvalue weighted by Gasteiger charge is 2.31. The maximum Gasteiger partial charge on any atom is 0.310 e. The van der Waals surface area contributed by atoms with Gasteiger partial charge in [-0.3, -0.25) is 9.59 Å². The molecule has 27 heavy (non-hydrogen) atoms. The number of halogens is 2. The van der Waals surface area contributed by atoms with Crippen molar-refractivity contribution in [1.29, 1.82) is 0 Å². The Morgan fingerprint density at radius 3 is 2.70 bits per heavy atom. The molecule has 3 rings (SSSR count). The highest BCUT2D eigenvalue weighted by molar-refractivity contribution is 7.17. The van der Waals surface area contributed by atoms with Crippen molar-refractivity contribution in [3.05, 3.63) is 40.4 Å². The molecule has 2 aromatic rings. The monoisotopic (exact) mass is 394 g/mol. The molecule has 0 spiro atoms. The number of amides is 1. The minimum atomic E-state index is -0.719. The Labute approximate surface area is 160 Å². The zero-order valence-electron chi connectivity index (χ0n) is 15.1. The number of hydrogen-bond donors (Lipinski definition) is 0. The molecule has 0 bridgehead atoms. The lowest BCUT2D eigenvalue weighted by Crippen LogP contribution is -2.42. The molecule has 144 valence electrons. The van der Waals surface area contributed by atoms with Crippen molar-refractivity contribution < 1.29 is 23.1 Å². The van der Waals surface area contributed by atoms with Crippen molar-refractivity contribution in [1.82, 2.24) is 9.88 Å². The Balaban J connectivity index is 1.83. The van der Waals surface area contributed by atoms with Crippen LogP contribution in [0.25, 0.3) is 10.6 Å². The summed E-state index contributed by atoms with van der Waals surface area (Å²) in [6, 6.07) is 3.60. The molecule has 1 amide bonds. The number of aromatic nitrogens is 1. The molecule has 1 unspecified atom stereocenters. The summed E-state index contributed by atoms with van der Waals surface area (Å²) in [6.45, 7) is 4.48. The van der Waals surface area contributed by atoms with E-state index >= 15 is 0 Å². The van der Waals surface area contributed by atoms with Crippen LogP contribution in [-0.4, -0.2) is 41.5 Å².